The zero-order valence-electron chi connectivity index (χ0n) is 10.3. The third-order valence-corrected chi connectivity index (χ3v) is 3.07. The molecule has 0 aliphatic carbocycles. The van der Waals surface area contributed by atoms with Gasteiger partial charge in [0.25, 0.3) is 5.91 Å². The molecule has 0 aliphatic heterocycles. The Morgan fingerprint density at radius 1 is 1.11 bits per heavy atom. The number of halogens is 1. The lowest BCUT2D eigenvalue weighted by molar-refractivity contribution is 0.0951. The lowest BCUT2D eigenvalue weighted by Gasteiger charge is -2.13. The molecule has 0 spiro atoms. The Labute approximate surface area is 117 Å². The van der Waals surface area contributed by atoms with Crippen molar-refractivity contribution in [2.45, 2.75) is 6.04 Å². The Balaban J connectivity index is 1.92. The highest BCUT2D eigenvalue weighted by Crippen LogP contribution is 2.11. The van der Waals surface area contributed by atoms with Crippen LogP contribution in [0.1, 0.15) is 22.0 Å². The molecule has 0 aromatic heterocycles. The van der Waals surface area contributed by atoms with Gasteiger partial charge in [0.15, 0.2) is 0 Å². The van der Waals surface area contributed by atoms with Crippen molar-refractivity contribution in [3.63, 3.8) is 0 Å². The summed E-state index contributed by atoms with van der Waals surface area (Å²) in [4.78, 5) is 11.9. The van der Waals surface area contributed by atoms with Gasteiger partial charge in [-0.25, -0.2) is 0 Å². The Bertz CT molecular complexity index is 540. The van der Waals surface area contributed by atoms with Crippen molar-refractivity contribution in [2.24, 2.45) is 5.73 Å². The average molecular weight is 275 g/mol. The molecule has 0 fully saturated rings. The summed E-state index contributed by atoms with van der Waals surface area (Å²) in [6.07, 6.45) is 0. The molecule has 1 amide bonds. The van der Waals surface area contributed by atoms with Crippen molar-refractivity contribution in [1.82, 2.24) is 5.32 Å². The van der Waals surface area contributed by atoms with Gasteiger partial charge in [-0.15, -0.1) is 0 Å². The Morgan fingerprint density at radius 2 is 1.74 bits per heavy atom. The van der Waals surface area contributed by atoms with Crippen LogP contribution in [-0.2, 0) is 0 Å². The van der Waals surface area contributed by atoms with Gasteiger partial charge in [-0.1, -0.05) is 41.9 Å². The smallest absolute Gasteiger partial charge is 0.251 e. The van der Waals surface area contributed by atoms with Crippen LogP contribution in [0.25, 0.3) is 0 Å². The molecular formula is C15H15ClN2O. The summed E-state index contributed by atoms with van der Waals surface area (Å²) in [5.74, 6) is -0.150. The topological polar surface area (TPSA) is 55.1 Å². The number of nitrogens with one attached hydrogen (secondary N) is 1. The summed E-state index contributed by atoms with van der Waals surface area (Å²) in [5.41, 5.74) is 7.58. The number of hydrogen-bond acceptors (Lipinski definition) is 2. The number of carbonyl (C=O) groups excluding carboxylic acids is 1. The van der Waals surface area contributed by atoms with Crippen LogP contribution < -0.4 is 11.1 Å². The van der Waals surface area contributed by atoms with Gasteiger partial charge in [-0.2, -0.15) is 0 Å². The summed E-state index contributed by atoms with van der Waals surface area (Å²) in [7, 11) is 0. The molecule has 2 aromatic carbocycles. The summed E-state index contributed by atoms with van der Waals surface area (Å²) in [6.45, 7) is 0.394. The highest BCUT2D eigenvalue weighted by atomic mass is 35.5. The van der Waals surface area contributed by atoms with Gasteiger partial charge in [-0.05, 0) is 29.8 Å². The van der Waals surface area contributed by atoms with Crippen molar-refractivity contribution in [1.29, 1.82) is 0 Å². The van der Waals surface area contributed by atoms with Crippen LogP contribution in [0.4, 0.5) is 0 Å². The molecule has 2 rings (SSSR count). The molecule has 0 saturated carbocycles. The lowest BCUT2D eigenvalue weighted by atomic mass is 10.1. The number of amides is 1. The Kier molecular flexibility index (Phi) is 4.55. The van der Waals surface area contributed by atoms with Crippen LogP contribution in [0.3, 0.4) is 0 Å². The molecule has 0 saturated heterocycles. The second-order valence-corrected chi connectivity index (χ2v) is 4.67. The van der Waals surface area contributed by atoms with Crippen LogP contribution in [-0.4, -0.2) is 12.5 Å². The molecule has 98 valence electrons. The fourth-order valence-corrected chi connectivity index (χ4v) is 1.85. The van der Waals surface area contributed by atoms with E-state index in [2.05, 4.69) is 5.32 Å². The van der Waals surface area contributed by atoms with E-state index in [9.17, 15) is 4.79 Å². The average Bonchev–Trinajstić information content (AvgIpc) is 2.46. The predicted octanol–water partition coefficient (Wildman–Crippen LogP) is 2.77. The quantitative estimate of drug-likeness (QED) is 0.901. The zero-order chi connectivity index (χ0) is 13.7. The maximum atomic E-state index is 11.9. The largest absolute Gasteiger partial charge is 0.350 e. The van der Waals surface area contributed by atoms with Crippen LogP contribution in [0.15, 0.2) is 54.6 Å². The summed E-state index contributed by atoms with van der Waals surface area (Å²) >= 11 is 5.77. The Hall–Kier alpha value is -1.84. The lowest BCUT2D eigenvalue weighted by Crippen LogP contribution is -2.31. The maximum Gasteiger partial charge on any atom is 0.251 e. The minimum Gasteiger partial charge on any atom is -0.350 e. The van der Waals surface area contributed by atoms with Gasteiger partial charge < -0.3 is 11.1 Å². The number of carbonyl (C=O) groups is 1. The number of hydrogen-bond donors (Lipinski definition) is 2. The predicted molar refractivity (Wildman–Crippen MR) is 77.2 cm³/mol. The highest BCUT2D eigenvalue weighted by molar-refractivity contribution is 6.30. The summed E-state index contributed by atoms with van der Waals surface area (Å²) in [6, 6.07) is 16.2. The first-order valence-corrected chi connectivity index (χ1v) is 6.39. The third kappa shape index (κ3) is 3.81. The van der Waals surface area contributed by atoms with E-state index in [-0.39, 0.29) is 11.9 Å². The standard InChI is InChI=1S/C15H15ClN2O/c16-13-8-6-12(7-9-13)15(19)18-10-14(17)11-4-2-1-3-5-11/h1-9,14H,10,17H2,(H,18,19). The van der Waals surface area contributed by atoms with Crippen molar-refractivity contribution in [3.8, 4) is 0 Å². The van der Waals surface area contributed by atoms with Gasteiger partial charge in [0.05, 0.1) is 0 Å². The van der Waals surface area contributed by atoms with E-state index in [4.69, 9.17) is 17.3 Å². The van der Waals surface area contributed by atoms with Gasteiger partial charge in [0.1, 0.15) is 0 Å². The minimum atomic E-state index is -0.211. The molecule has 3 N–H and O–H groups in total. The fourth-order valence-electron chi connectivity index (χ4n) is 1.72. The first-order valence-electron chi connectivity index (χ1n) is 6.01. The van der Waals surface area contributed by atoms with Crippen LogP contribution >= 0.6 is 11.6 Å². The van der Waals surface area contributed by atoms with Gasteiger partial charge in [0.2, 0.25) is 0 Å². The van der Waals surface area contributed by atoms with Crippen molar-refractivity contribution in [2.75, 3.05) is 6.54 Å². The summed E-state index contributed by atoms with van der Waals surface area (Å²) < 4.78 is 0. The number of benzene rings is 2. The first-order chi connectivity index (χ1) is 9.16. The fraction of sp³-hybridized carbons (Fsp3) is 0.133. The van der Waals surface area contributed by atoms with Crippen molar-refractivity contribution < 1.29 is 4.79 Å². The van der Waals surface area contributed by atoms with Crippen LogP contribution in [0.5, 0.6) is 0 Å². The van der Waals surface area contributed by atoms with Crippen LogP contribution in [0.2, 0.25) is 5.02 Å². The number of rotatable bonds is 4. The molecule has 0 aliphatic rings. The molecule has 1 unspecified atom stereocenters. The molecular weight excluding hydrogens is 260 g/mol. The normalized spacial score (nSPS) is 11.9. The SMILES string of the molecule is NC(CNC(=O)c1ccc(Cl)cc1)c1ccccc1. The van der Waals surface area contributed by atoms with Crippen molar-refractivity contribution >= 4 is 17.5 Å². The minimum absolute atomic E-state index is 0.150. The maximum absolute atomic E-state index is 11.9. The number of nitrogens with two attached hydrogens (primary N) is 1. The van der Waals surface area contributed by atoms with E-state index < -0.39 is 0 Å². The van der Waals surface area contributed by atoms with Gasteiger partial charge in [-0.3, -0.25) is 4.79 Å². The first kappa shape index (κ1) is 13.6. The van der Waals surface area contributed by atoms with E-state index in [1.165, 1.54) is 0 Å². The zero-order valence-corrected chi connectivity index (χ0v) is 11.1. The Morgan fingerprint density at radius 3 is 2.37 bits per heavy atom. The molecule has 0 bridgehead atoms. The molecule has 19 heavy (non-hydrogen) atoms. The second kappa shape index (κ2) is 6.36. The molecule has 0 radical (unpaired) electrons. The highest BCUT2D eigenvalue weighted by Gasteiger charge is 2.09. The summed E-state index contributed by atoms with van der Waals surface area (Å²) in [5, 5.41) is 3.42. The monoisotopic (exact) mass is 274 g/mol. The second-order valence-electron chi connectivity index (χ2n) is 4.23. The van der Waals surface area contributed by atoms with E-state index in [1.54, 1.807) is 24.3 Å². The van der Waals surface area contributed by atoms with Gasteiger partial charge in [0, 0.05) is 23.2 Å². The molecule has 0 heterocycles. The van der Waals surface area contributed by atoms with E-state index >= 15 is 0 Å². The molecule has 4 heteroatoms. The van der Waals surface area contributed by atoms with E-state index in [0.29, 0.717) is 17.1 Å². The van der Waals surface area contributed by atoms with E-state index in [0.717, 1.165) is 5.56 Å². The van der Waals surface area contributed by atoms with Crippen LogP contribution in [0, 0.1) is 0 Å². The molecule has 3 nitrogen and oxygen atoms in total. The third-order valence-electron chi connectivity index (χ3n) is 2.82. The molecule has 1 atom stereocenters. The van der Waals surface area contributed by atoms with E-state index in [1.807, 2.05) is 30.3 Å². The molecule has 2 aromatic rings. The van der Waals surface area contributed by atoms with Crippen molar-refractivity contribution in [3.05, 3.63) is 70.7 Å². The van der Waals surface area contributed by atoms with Gasteiger partial charge >= 0.3 is 0 Å².